The van der Waals surface area contributed by atoms with Crippen LogP contribution in [0.25, 0.3) is 0 Å². The first-order valence-corrected chi connectivity index (χ1v) is 8.22. The molecule has 0 unspecified atom stereocenters. The predicted octanol–water partition coefficient (Wildman–Crippen LogP) is 0.622. The fraction of sp³-hybridized carbons (Fsp3) is 0.588. The molecule has 1 aromatic rings. The van der Waals surface area contributed by atoms with E-state index in [0.717, 1.165) is 32.4 Å². The number of amides is 1. The number of para-hydroxylation sites is 1. The Morgan fingerprint density at radius 2 is 2.18 bits per heavy atom. The van der Waals surface area contributed by atoms with Crippen LogP contribution in [0.1, 0.15) is 18.4 Å². The molecule has 1 heterocycles. The normalized spacial score (nSPS) is 16.9. The van der Waals surface area contributed by atoms with E-state index >= 15 is 0 Å². The molecule has 0 bridgehead atoms. The zero-order valence-electron chi connectivity index (χ0n) is 13.0. The standard InChI is InChI=1S/C17H25N3O2/c21-12-11-20(15-5-6-15)13-17(22)18-8-10-19-9-7-14-3-1-2-4-16(14)19/h1-4,15,21H,5-13H2,(H,18,22). The van der Waals surface area contributed by atoms with Gasteiger partial charge in [-0.15, -0.1) is 0 Å². The van der Waals surface area contributed by atoms with Crippen molar-refractivity contribution in [1.29, 1.82) is 0 Å². The molecule has 0 atom stereocenters. The molecule has 5 nitrogen and oxygen atoms in total. The SMILES string of the molecule is O=C(CN(CCO)C1CC1)NCCN1CCc2ccccc21. The maximum Gasteiger partial charge on any atom is 0.234 e. The third kappa shape index (κ3) is 3.78. The van der Waals surface area contributed by atoms with Crippen molar-refractivity contribution in [2.75, 3.05) is 44.2 Å². The highest BCUT2D eigenvalue weighted by Gasteiger charge is 2.29. The minimum absolute atomic E-state index is 0.0628. The quantitative estimate of drug-likeness (QED) is 0.739. The van der Waals surface area contributed by atoms with Gasteiger partial charge < -0.3 is 15.3 Å². The van der Waals surface area contributed by atoms with E-state index in [-0.39, 0.29) is 12.5 Å². The summed E-state index contributed by atoms with van der Waals surface area (Å²) in [5.41, 5.74) is 2.70. The molecule has 2 aliphatic rings. The molecule has 5 heteroatoms. The van der Waals surface area contributed by atoms with Crippen molar-refractivity contribution >= 4 is 11.6 Å². The lowest BCUT2D eigenvalue weighted by Gasteiger charge is -2.22. The summed E-state index contributed by atoms with van der Waals surface area (Å²) in [4.78, 5) is 16.4. The van der Waals surface area contributed by atoms with E-state index in [2.05, 4.69) is 39.4 Å². The van der Waals surface area contributed by atoms with Crippen LogP contribution < -0.4 is 10.2 Å². The predicted molar refractivity (Wildman–Crippen MR) is 87.0 cm³/mol. The van der Waals surface area contributed by atoms with Crippen LogP contribution in [0.4, 0.5) is 5.69 Å². The number of carbonyl (C=O) groups excluding carboxylic acids is 1. The molecule has 120 valence electrons. The Hall–Kier alpha value is -1.59. The third-order valence-electron chi connectivity index (χ3n) is 4.48. The molecule has 1 aromatic carbocycles. The highest BCUT2D eigenvalue weighted by atomic mass is 16.3. The largest absolute Gasteiger partial charge is 0.395 e. The zero-order chi connectivity index (χ0) is 15.4. The second-order valence-corrected chi connectivity index (χ2v) is 6.14. The molecule has 1 saturated carbocycles. The Morgan fingerprint density at radius 3 is 2.95 bits per heavy atom. The average molecular weight is 303 g/mol. The molecule has 1 aliphatic heterocycles. The van der Waals surface area contributed by atoms with Crippen LogP contribution in [0.15, 0.2) is 24.3 Å². The van der Waals surface area contributed by atoms with Crippen LogP contribution in [0.2, 0.25) is 0 Å². The average Bonchev–Trinajstić information content (AvgIpc) is 3.29. The van der Waals surface area contributed by atoms with Crippen LogP contribution in [0.3, 0.4) is 0 Å². The van der Waals surface area contributed by atoms with Crippen LogP contribution in [0, 0.1) is 0 Å². The minimum Gasteiger partial charge on any atom is -0.395 e. The third-order valence-corrected chi connectivity index (χ3v) is 4.48. The highest BCUT2D eigenvalue weighted by molar-refractivity contribution is 5.78. The van der Waals surface area contributed by atoms with E-state index in [1.165, 1.54) is 11.3 Å². The van der Waals surface area contributed by atoms with E-state index in [1.54, 1.807) is 0 Å². The lowest BCUT2D eigenvalue weighted by molar-refractivity contribution is -0.122. The number of carbonyl (C=O) groups is 1. The number of hydrogen-bond donors (Lipinski definition) is 2. The van der Waals surface area contributed by atoms with Gasteiger partial charge in [-0.2, -0.15) is 0 Å². The Kier molecular flexibility index (Phi) is 4.95. The first-order valence-electron chi connectivity index (χ1n) is 8.22. The molecule has 3 rings (SSSR count). The number of rotatable bonds is 8. The van der Waals surface area contributed by atoms with Gasteiger partial charge >= 0.3 is 0 Å². The van der Waals surface area contributed by atoms with E-state index in [0.29, 0.717) is 25.7 Å². The fourth-order valence-corrected chi connectivity index (χ4v) is 3.17. The van der Waals surface area contributed by atoms with E-state index < -0.39 is 0 Å². The number of aliphatic hydroxyl groups is 1. The molecular weight excluding hydrogens is 278 g/mol. The first kappa shape index (κ1) is 15.3. The summed E-state index contributed by atoms with van der Waals surface area (Å²) in [5.74, 6) is 0.0628. The summed E-state index contributed by atoms with van der Waals surface area (Å²) >= 11 is 0. The number of nitrogens with one attached hydrogen (secondary N) is 1. The number of nitrogens with zero attached hydrogens (tertiary/aromatic N) is 2. The highest BCUT2D eigenvalue weighted by Crippen LogP contribution is 2.27. The van der Waals surface area contributed by atoms with Crippen LogP contribution in [0.5, 0.6) is 0 Å². The molecule has 2 N–H and O–H groups in total. The maximum absolute atomic E-state index is 12.0. The van der Waals surface area contributed by atoms with E-state index in [4.69, 9.17) is 5.11 Å². The molecule has 0 spiro atoms. The minimum atomic E-state index is 0.0628. The van der Waals surface area contributed by atoms with Crippen molar-refractivity contribution in [3.05, 3.63) is 29.8 Å². The number of fused-ring (bicyclic) bond motifs is 1. The van der Waals surface area contributed by atoms with Crippen molar-refractivity contribution in [1.82, 2.24) is 10.2 Å². The van der Waals surface area contributed by atoms with Crippen molar-refractivity contribution in [2.45, 2.75) is 25.3 Å². The lowest BCUT2D eigenvalue weighted by Crippen LogP contribution is -2.42. The summed E-state index contributed by atoms with van der Waals surface area (Å²) in [6, 6.07) is 8.98. The molecular formula is C17H25N3O2. The second-order valence-electron chi connectivity index (χ2n) is 6.14. The van der Waals surface area contributed by atoms with Crippen molar-refractivity contribution in [3.63, 3.8) is 0 Å². The molecule has 0 aromatic heterocycles. The Bertz CT molecular complexity index is 516. The first-order chi connectivity index (χ1) is 10.8. The molecule has 0 radical (unpaired) electrons. The topological polar surface area (TPSA) is 55.8 Å². The summed E-state index contributed by atoms with van der Waals surface area (Å²) in [6.45, 7) is 3.68. The van der Waals surface area contributed by atoms with Gasteiger partial charge in [0.1, 0.15) is 0 Å². The number of anilines is 1. The second kappa shape index (κ2) is 7.11. The summed E-state index contributed by atoms with van der Waals surface area (Å²) in [7, 11) is 0. The summed E-state index contributed by atoms with van der Waals surface area (Å²) < 4.78 is 0. The van der Waals surface area contributed by atoms with E-state index in [1.807, 2.05) is 0 Å². The van der Waals surface area contributed by atoms with Gasteiger partial charge in [-0.1, -0.05) is 18.2 Å². The Balaban J connectivity index is 1.40. The smallest absolute Gasteiger partial charge is 0.234 e. The summed E-state index contributed by atoms with van der Waals surface area (Å²) in [5, 5.41) is 12.1. The van der Waals surface area contributed by atoms with Crippen molar-refractivity contribution in [3.8, 4) is 0 Å². The van der Waals surface area contributed by atoms with Gasteiger partial charge in [0.05, 0.1) is 13.2 Å². The fourth-order valence-electron chi connectivity index (χ4n) is 3.17. The van der Waals surface area contributed by atoms with Gasteiger partial charge in [0, 0.05) is 37.9 Å². The van der Waals surface area contributed by atoms with Crippen molar-refractivity contribution < 1.29 is 9.90 Å². The van der Waals surface area contributed by atoms with Crippen LogP contribution >= 0.6 is 0 Å². The van der Waals surface area contributed by atoms with Gasteiger partial charge in [-0.25, -0.2) is 0 Å². The van der Waals surface area contributed by atoms with Crippen LogP contribution in [-0.2, 0) is 11.2 Å². The van der Waals surface area contributed by atoms with Gasteiger partial charge in [-0.3, -0.25) is 9.69 Å². The zero-order valence-corrected chi connectivity index (χ0v) is 13.0. The molecule has 22 heavy (non-hydrogen) atoms. The molecule has 0 saturated heterocycles. The number of benzene rings is 1. The monoisotopic (exact) mass is 303 g/mol. The molecule has 1 amide bonds. The molecule has 1 aliphatic carbocycles. The number of aliphatic hydroxyl groups excluding tert-OH is 1. The van der Waals surface area contributed by atoms with Crippen molar-refractivity contribution in [2.24, 2.45) is 0 Å². The van der Waals surface area contributed by atoms with E-state index in [9.17, 15) is 4.79 Å². The van der Waals surface area contributed by atoms with Crippen LogP contribution in [-0.4, -0.2) is 61.3 Å². The molecule has 1 fully saturated rings. The Labute approximate surface area is 131 Å². The lowest BCUT2D eigenvalue weighted by atomic mass is 10.2. The Morgan fingerprint density at radius 1 is 1.36 bits per heavy atom. The van der Waals surface area contributed by atoms with Gasteiger partial charge in [0.2, 0.25) is 5.91 Å². The maximum atomic E-state index is 12.0. The number of hydrogen-bond acceptors (Lipinski definition) is 4. The van der Waals surface area contributed by atoms with Gasteiger partial charge in [0.25, 0.3) is 0 Å². The summed E-state index contributed by atoms with van der Waals surface area (Å²) in [6.07, 6.45) is 3.39. The van der Waals surface area contributed by atoms with Gasteiger partial charge in [-0.05, 0) is 30.9 Å². The van der Waals surface area contributed by atoms with Gasteiger partial charge in [0.15, 0.2) is 0 Å².